The van der Waals surface area contributed by atoms with Crippen LogP contribution in [0.25, 0.3) is 0 Å². The lowest BCUT2D eigenvalue weighted by atomic mass is 10.1. The van der Waals surface area contributed by atoms with Gasteiger partial charge in [0.25, 0.3) is 0 Å². The summed E-state index contributed by atoms with van der Waals surface area (Å²) in [7, 11) is 0. The van der Waals surface area contributed by atoms with Crippen molar-refractivity contribution >= 4 is 5.97 Å². The summed E-state index contributed by atoms with van der Waals surface area (Å²) in [6.45, 7) is 0.706. The Kier molecular flexibility index (Phi) is 5.15. The Morgan fingerprint density at radius 1 is 1.22 bits per heavy atom. The maximum absolute atomic E-state index is 11.8. The molecule has 100 valence electrons. The van der Waals surface area contributed by atoms with Crippen LogP contribution in [-0.2, 0) is 6.54 Å². The number of nitrogens with one attached hydrogen (secondary N) is 1. The summed E-state index contributed by atoms with van der Waals surface area (Å²) in [6.07, 6.45) is -4.86. The fraction of sp³-hybridized carbons (Fsp3) is 0.417. The number of hydrogen-bond donors (Lipinski definition) is 2. The number of benzene rings is 1. The number of rotatable bonds is 6. The van der Waals surface area contributed by atoms with Gasteiger partial charge in [-0.25, -0.2) is 4.79 Å². The van der Waals surface area contributed by atoms with Crippen molar-refractivity contribution in [3.8, 4) is 0 Å². The van der Waals surface area contributed by atoms with Crippen LogP contribution in [0.3, 0.4) is 0 Å². The highest BCUT2D eigenvalue weighted by molar-refractivity contribution is 5.87. The Labute approximate surface area is 103 Å². The van der Waals surface area contributed by atoms with Crippen molar-refractivity contribution in [3.63, 3.8) is 0 Å². The van der Waals surface area contributed by atoms with E-state index in [1.165, 1.54) is 12.1 Å². The molecule has 6 heteroatoms. The maximum Gasteiger partial charge on any atom is 0.389 e. The standard InChI is InChI=1S/C12H14F3NO2/c13-12(14,15)6-1-7-16-8-9-2-4-10(5-3-9)11(17)18/h2-5,16H,1,6-8H2,(H,17,18). The number of alkyl halides is 3. The Bertz CT molecular complexity index is 387. The van der Waals surface area contributed by atoms with Crippen molar-refractivity contribution in [2.45, 2.75) is 25.6 Å². The van der Waals surface area contributed by atoms with Crippen LogP contribution in [0.5, 0.6) is 0 Å². The van der Waals surface area contributed by atoms with Gasteiger partial charge in [-0.05, 0) is 30.7 Å². The Morgan fingerprint density at radius 2 is 1.83 bits per heavy atom. The van der Waals surface area contributed by atoms with Crippen LogP contribution in [0, 0.1) is 0 Å². The molecule has 0 spiro atoms. The third kappa shape index (κ3) is 5.67. The lowest BCUT2D eigenvalue weighted by Gasteiger charge is -2.07. The number of aromatic carboxylic acids is 1. The predicted octanol–water partition coefficient (Wildman–Crippen LogP) is 2.82. The van der Waals surface area contributed by atoms with Crippen molar-refractivity contribution in [2.24, 2.45) is 0 Å². The summed E-state index contributed by atoms with van der Waals surface area (Å²) in [5.74, 6) is -1.00. The van der Waals surface area contributed by atoms with Crippen molar-refractivity contribution in [2.75, 3.05) is 6.54 Å². The average molecular weight is 261 g/mol. The highest BCUT2D eigenvalue weighted by Crippen LogP contribution is 2.20. The summed E-state index contributed by atoms with van der Waals surface area (Å²) >= 11 is 0. The third-order valence-electron chi connectivity index (χ3n) is 2.34. The van der Waals surface area contributed by atoms with Crippen LogP contribution in [-0.4, -0.2) is 23.8 Å². The Morgan fingerprint density at radius 3 is 2.33 bits per heavy atom. The first-order chi connectivity index (χ1) is 8.38. The van der Waals surface area contributed by atoms with Gasteiger partial charge in [0.05, 0.1) is 5.56 Å². The van der Waals surface area contributed by atoms with Crippen LogP contribution in [0.15, 0.2) is 24.3 Å². The fourth-order valence-electron chi connectivity index (χ4n) is 1.41. The average Bonchev–Trinajstić information content (AvgIpc) is 2.27. The van der Waals surface area contributed by atoms with Crippen LogP contribution >= 0.6 is 0 Å². The molecule has 1 rings (SSSR count). The monoisotopic (exact) mass is 261 g/mol. The number of hydrogen-bond acceptors (Lipinski definition) is 2. The van der Waals surface area contributed by atoms with Gasteiger partial charge in [-0.2, -0.15) is 13.2 Å². The van der Waals surface area contributed by atoms with Crippen molar-refractivity contribution in [1.82, 2.24) is 5.32 Å². The molecule has 0 bridgehead atoms. The number of carboxylic acid groups (broad SMARTS) is 1. The van der Waals surface area contributed by atoms with E-state index in [2.05, 4.69) is 5.32 Å². The number of carboxylic acids is 1. The molecule has 18 heavy (non-hydrogen) atoms. The molecule has 0 unspecified atom stereocenters. The molecule has 0 atom stereocenters. The van der Waals surface area contributed by atoms with E-state index in [1.54, 1.807) is 12.1 Å². The molecule has 0 fully saturated rings. The summed E-state index contributed by atoms with van der Waals surface area (Å²) in [5, 5.41) is 11.6. The highest BCUT2D eigenvalue weighted by Gasteiger charge is 2.25. The third-order valence-corrected chi connectivity index (χ3v) is 2.34. The molecule has 0 amide bonds. The minimum absolute atomic E-state index is 0.0384. The van der Waals surface area contributed by atoms with E-state index >= 15 is 0 Å². The predicted molar refractivity (Wildman–Crippen MR) is 60.4 cm³/mol. The van der Waals surface area contributed by atoms with Gasteiger partial charge in [0.1, 0.15) is 0 Å². The first-order valence-corrected chi connectivity index (χ1v) is 5.48. The van der Waals surface area contributed by atoms with Gasteiger partial charge in [-0.3, -0.25) is 0 Å². The zero-order chi connectivity index (χ0) is 13.6. The first kappa shape index (κ1) is 14.5. The highest BCUT2D eigenvalue weighted by atomic mass is 19.4. The normalized spacial score (nSPS) is 11.5. The van der Waals surface area contributed by atoms with Gasteiger partial charge < -0.3 is 10.4 Å². The van der Waals surface area contributed by atoms with Crippen LogP contribution in [0.2, 0.25) is 0 Å². The molecule has 0 radical (unpaired) electrons. The van der Waals surface area contributed by atoms with Crippen molar-refractivity contribution < 1.29 is 23.1 Å². The minimum atomic E-state index is -4.11. The van der Waals surface area contributed by atoms with Crippen molar-refractivity contribution in [3.05, 3.63) is 35.4 Å². The Balaban J connectivity index is 2.25. The zero-order valence-electron chi connectivity index (χ0n) is 9.63. The molecule has 0 saturated heterocycles. The second-order valence-corrected chi connectivity index (χ2v) is 3.90. The fourth-order valence-corrected chi connectivity index (χ4v) is 1.41. The lowest BCUT2D eigenvalue weighted by Crippen LogP contribution is -2.17. The summed E-state index contributed by atoms with van der Waals surface area (Å²) in [6, 6.07) is 6.21. The van der Waals surface area contributed by atoms with Crippen LogP contribution < -0.4 is 5.32 Å². The second kappa shape index (κ2) is 6.39. The summed E-state index contributed by atoms with van der Waals surface area (Å²) in [4.78, 5) is 10.6. The van der Waals surface area contributed by atoms with Crippen molar-refractivity contribution in [1.29, 1.82) is 0 Å². The van der Waals surface area contributed by atoms with E-state index in [0.29, 0.717) is 6.54 Å². The van der Waals surface area contributed by atoms with E-state index in [9.17, 15) is 18.0 Å². The Hall–Kier alpha value is -1.56. The van der Waals surface area contributed by atoms with Gasteiger partial charge >= 0.3 is 12.1 Å². The van der Waals surface area contributed by atoms with Crippen LogP contribution in [0.1, 0.15) is 28.8 Å². The van der Waals surface area contributed by atoms with Gasteiger partial charge in [0, 0.05) is 13.0 Å². The molecule has 0 aliphatic heterocycles. The van der Waals surface area contributed by atoms with Gasteiger partial charge in [-0.1, -0.05) is 12.1 Å². The molecule has 0 heterocycles. The molecule has 1 aromatic rings. The zero-order valence-corrected chi connectivity index (χ0v) is 9.63. The van der Waals surface area contributed by atoms with E-state index in [1.807, 2.05) is 0 Å². The van der Waals surface area contributed by atoms with Crippen LogP contribution in [0.4, 0.5) is 13.2 Å². The van der Waals surface area contributed by atoms with E-state index in [-0.39, 0.29) is 18.5 Å². The maximum atomic E-state index is 11.8. The molecule has 0 aliphatic carbocycles. The van der Waals surface area contributed by atoms with E-state index in [4.69, 9.17) is 5.11 Å². The largest absolute Gasteiger partial charge is 0.478 e. The second-order valence-electron chi connectivity index (χ2n) is 3.90. The minimum Gasteiger partial charge on any atom is -0.478 e. The molecule has 0 aliphatic rings. The SMILES string of the molecule is O=C(O)c1ccc(CNCCCC(F)(F)F)cc1. The topological polar surface area (TPSA) is 49.3 Å². The summed E-state index contributed by atoms with van der Waals surface area (Å²) in [5.41, 5.74) is 1.03. The first-order valence-electron chi connectivity index (χ1n) is 5.48. The van der Waals surface area contributed by atoms with E-state index in [0.717, 1.165) is 5.56 Å². The van der Waals surface area contributed by atoms with Gasteiger partial charge in [0.15, 0.2) is 0 Å². The lowest BCUT2D eigenvalue weighted by molar-refractivity contribution is -0.135. The molecule has 0 aromatic heterocycles. The molecule has 2 N–H and O–H groups in total. The summed E-state index contributed by atoms with van der Waals surface area (Å²) < 4.78 is 35.5. The molecule has 1 aromatic carbocycles. The molecular formula is C12H14F3NO2. The quantitative estimate of drug-likeness (QED) is 0.774. The molecule has 0 saturated carbocycles. The molecule has 3 nitrogen and oxygen atoms in total. The van der Waals surface area contributed by atoms with Gasteiger partial charge in [-0.15, -0.1) is 0 Å². The van der Waals surface area contributed by atoms with Gasteiger partial charge in [0.2, 0.25) is 0 Å². The number of carbonyl (C=O) groups is 1. The number of halogens is 3. The smallest absolute Gasteiger partial charge is 0.389 e. The molecular weight excluding hydrogens is 247 g/mol. The van der Waals surface area contributed by atoms with E-state index < -0.39 is 18.6 Å².